The van der Waals surface area contributed by atoms with Crippen LogP contribution in [0.5, 0.6) is 0 Å². The molecule has 0 amide bonds. The molecule has 19 heavy (non-hydrogen) atoms. The zero-order valence-corrected chi connectivity index (χ0v) is 12.0. The first-order chi connectivity index (χ1) is 9.00. The standard InChI is InChI=1S/C15H24N2O2/c1-11(2)13(4-5-15(18)19)6-9-17-14-7-8-16-10-12(14)3/h7-8,10-11,13H,4-6,9H2,1-3H3,(H,16,17)(H,18,19). The van der Waals surface area contributed by atoms with Gasteiger partial charge in [-0.1, -0.05) is 13.8 Å². The largest absolute Gasteiger partial charge is 0.481 e. The first kappa shape index (κ1) is 15.5. The lowest BCUT2D eigenvalue weighted by Gasteiger charge is -2.20. The number of anilines is 1. The summed E-state index contributed by atoms with van der Waals surface area (Å²) in [6.45, 7) is 7.21. The van der Waals surface area contributed by atoms with E-state index in [1.54, 1.807) is 6.20 Å². The minimum Gasteiger partial charge on any atom is -0.481 e. The molecule has 0 saturated carbocycles. The molecule has 0 aliphatic rings. The van der Waals surface area contributed by atoms with Crippen LogP contribution in [0.25, 0.3) is 0 Å². The van der Waals surface area contributed by atoms with E-state index in [1.165, 1.54) is 0 Å². The van der Waals surface area contributed by atoms with Crippen LogP contribution in [0.3, 0.4) is 0 Å². The third-order valence-corrected chi connectivity index (χ3v) is 3.52. The molecule has 0 spiro atoms. The summed E-state index contributed by atoms with van der Waals surface area (Å²) < 4.78 is 0. The Morgan fingerprint density at radius 3 is 2.74 bits per heavy atom. The molecule has 1 aromatic heterocycles. The lowest BCUT2D eigenvalue weighted by atomic mass is 9.88. The van der Waals surface area contributed by atoms with Crippen molar-refractivity contribution in [2.75, 3.05) is 11.9 Å². The summed E-state index contributed by atoms with van der Waals surface area (Å²) in [5.41, 5.74) is 2.24. The van der Waals surface area contributed by atoms with Gasteiger partial charge in [0.15, 0.2) is 0 Å². The lowest BCUT2D eigenvalue weighted by molar-refractivity contribution is -0.137. The van der Waals surface area contributed by atoms with Crippen LogP contribution in [0.2, 0.25) is 0 Å². The van der Waals surface area contributed by atoms with Crippen molar-refractivity contribution in [2.45, 2.75) is 40.0 Å². The average Bonchev–Trinajstić information content (AvgIpc) is 2.34. The molecule has 4 heteroatoms. The molecule has 0 bridgehead atoms. The quantitative estimate of drug-likeness (QED) is 0.756. The summed E-state index contributed by atoms with van der Waals surface area (Å²) in [6.07, 6.45) is 5.63. The van der Waals surface area contributed by atoms with Crippen LogP contribution < -0.4 is 5.32 Å². The third kappa shape index (κ3) is 5.73. The predicted octanol–water partition coefficient (Wildman–Crippen LogP) is 3.33. The maximum atomic E-state index is 10.6. The van der Waals surface area contributed by atoms with Gasteiger partial charge in [-0.15, -0.1) is 0 Å². The Hall–Kier alpha value is -1.58. The van der Waals surface area contributed by atoms with Crippen molar-refractivity contribution >= 4 is 11.7 Å². The molecule has 0 radical (unpaired) electrons. The molecule has 4 nitrogen and oxygen atoms in total. The summed E-state index contributed by atoms with van der Waals surface area (Å²) in [4.78, 5) is 14.7. The van der Waals surface area contributed by atoms with Gasteiger partial charge in [0.25, 0.3) is 0 Å². The Bertz CT molecular complexity index is 405. The summed E-state index contributed by atoms with van der Waals surface area (Å²) in [5.74, 6) is 0.258. The molecule has 0 aliphatic heterocycles. The smallest absolute Gasteiger partial charge is 0.303 e. The predicted molar refractivity (Wildman–Crippen MR) is 77.3 cm³/mol. The SMILES string of the molecule is Cc1cnccc1NCCC(CCC(=O)O)C(C)C. The number of nitrogens with one attached hydrogen (secondary N) is 1. The highest BCUT2D eigenvalue weighted by Gasteiger charge is 2.14. The van der Waals surface area contributed by atoms with E-state index in [2.05, 4.69) is 24.1 Å². The number of aryl methyl sites for hydroxylation is 1. The highest BCUT2D eigenvalue weighted by atomic mass is 16.4. The molecule has 1 rings (SSSR count). The van der Waals surface area contributed by atoms with Crippen molar-refractivity contribution in [1.82, 2.24) is 4.98 Å². The van der Waals surface area contributed by atoms with Crippen molar-refractivity contribution in [3.63, 3.8) is 0 Å². The van der Waals surface area contributed by atoms with E-state index in [1.807, 2.05) is 19.2 Å². The minimum absolute atomic E-state index is 0.261. The van der Waals surface area contributed by atoms with Gasteiger partial charge >= 0.3 is 5.97 Å². The molecule has 1 unspecified atom stereocenters. The Kier molecular flexibility index (Phi) is 6.33. The van der Waals surface area contributed by atoms with Crippen LogP contribution in [0, 0.1) is 18.8 Å². The molecule has 0 saturated heterocycles. The Morgan fingerprint density at radius 2 is 2.16 bits per heavy atom. The third-order valence-electron chi connectivity index (χ3n) is 3.52. The highest BCUT2D eigenvalue weighted by Crippen LogP contribution is 2.21. The number of rotatable bonds is 8. The Balaban J connectivity index is 2.40. The number of nitrogens with zero attached hydrogens (tertiary/aromatic N) is 1. The molecule has 0 aliphatic carbocycles. The van der Waals surface area contributed by atoms with Gasteiger partial charge < -0.3 is 10.4 Å². The number of hydrogen-bond acceptors (Lipinski definition) is 3. The van der Waals surface area contributed by atoms with Gasteiger partial charge in [-0.05, 0) is 43.2 Å². The number of carboxylic acid groups (broad SMARTS) is 1. The van der Waals surface area contributed by atoms with E-state index in [0.29, 0.717) is 11.8 Å². The summed E-state index contributed by atoms with van der Waals surface area (Å²) in [6, 6.07) is 1.97. The second-order valence-electron chi connectivity index (χ2n) is 5.34. The first-order valence-corrected chi connectivity index (χ1v) is 6.87. The Morgan fingerprint density at radius 1 is 1.42 bits per heavy atom. The van der Waals surface area contributed by atoms with Gasteiger partial charge in [0.1, 0.15) is 0 Å². The van der Waals surface area contributed by atoms with Crippen molar-refractivity contribution in [3.8, 4) is 0 Å². The summed E-state index contributed by atoms with van der Waals surface area (Å²) in [7, 11) is 0. The molecule has 2 N–H and O–H groups in total. The second kappa shape index (κ2) is 7.77. The van der Waals surface area contributed by atoms with E-state index < -0.39 is 5.97 Å². The van der Waals surface area contributed by atoms with Crippen molar-refractivity contribution in [1.29, 1.82) is 0 Å². The number of carboxylic acids is 1. The van der Waals surface area contributed by atoms with Gasteiger partial charge in [0, 0.05) is 31.0 Å². The number of carbonyl (C=O) groups is 1. The summed E-state index contributed by atoms with van der Waals surface area (Å²) >= 11 is 0. The fourth-order valence-corrected chi connectivity index (χ4v) is 2.18. The topological polar surface area (TPSA) is 62.2 Å². The molecule has 0 aromatic carbocycles. The van der Waals surface area contributed by atoms with Crippen LogP contribution in [0.15, 0.2) is 18.5 Å². The summed E-state index contributed by atoms with van der Waals surface area (Å²) in [5, 5.41) is 12.2. The lowest BCUT2D eigenvalue weighted by Crippen LogP contribution is -2.16. The number of pyridine rings is 1. The first-order valence-electron chi connectivity index (χ1n) is 6.87. The van der Waals surface area contributed by atoms with Crippen LogP contribution in [-0.4, -0.2) is 22.6 Å². The average molecular weight is 264 g/mol. The molecular formula is C15H24N2O2. The second-order valence-corrected chi connectivity index (χ2v) is 5.34. The fraction of sp³-hybridized carbons (Fsp3) is 0.600. The zero-order chi connectivity index (χ0) is 14.3. The monoisotopic (exact) mass is 264 g/mol. The fourth-order valence-electron chi connectivity index (χ4n) is 2.18. The van der Waals surface area contributed by atoms with E-state index in [-0.39, 0.29) is 6.42 Å². The normalized spacial score (nSPS) is 12.4. The van der Waals surface area contributed by atoms with E-state index in [4.69, 9.17) is 5.11 Å². The van der Waals surface area contributed by atoms with Gasteiger partial charge in [0.2, 0.25) is 0 Å². The number of hydrogen-bond donors (Lipinski definition) is 2. The molecule has 0 fully saturated rings. The van der Waals surface area contributed by atoms with Crippen LogP contribution in [0.1, 0.15) is 38.7 Å². The zero-order valence-electron chi connectivity index (χ0n) is 12.0. The molecule has 1 aromatic rings. The van der Waals surface area contributed by atoms with Crippen LogP contribution in [0.4, 0.5) is 5.69 Å². The molecular weight excluding hydrogens is 240 g/mol. The van der Waals surface area contributed by atoms with E-state index >= 15 is 0 Å². The minimum atomic E-state index is -0.705. The van der Waals surface area contributed by atoms with Crippen molar-refractivity contribution < 1.29 is 9.90 Å². The van der Waals surface area contributed by atoms with E-state index in [0.717, 1.165) is 30.6 Å². The number of aliphatic carboxylic acids is 1. The number of aromatic nitrogens is 1. The molecule has 1 heterocycles. The van der Waals surface area contributed by atoms with Gasteiger partial charge in [0.05, 0.1) is 0 Å². The van der Waals surface area contributed by atoms with Gasteiger partial charge in [-0.2, -0.15) is 0 Å². The maximum Gasteiger partial charge on any atom is 0.303 e. The van der Waals surface area contributed by atoms with Gasteiger partial charge in [-0.25, -0.2) is 0 Å². The highest BCUT2D eigenvalue weighted by molar-refractivity contribution is 5.66. The molecule has 106 valence electrons. The van der Waals surface area contributed by atoms with E-state index in [9.17, 15) is 4.79 Å². The maximum absolute atomic E-state index is 10.6. The van der Waals surface area contributed by atoms with Crippen molar-refractivity contribution in [3.05, 3.63) is 24.0 Å². The van der Waals surface area contributed by atoms with Gasteiger partial charge in [-0.3, -0.25) is 9.78 Å². The van der Waals surface area contributed by atoms with Crippen molar-refractivity contribution in [2.24, 2.45) is 11.8 Å². The molecule has 1 atom stereocenters. The Labute approximate surface area is 115 Å². The van der Waals surface area contributed by atoms with Crippen LogP contribution in [-0.2, 0) is 4.79 Å². The van der Waals surface area contributed by atoms with Crippen LogP contribution >= 0.6 is 0 Å².